The van der Waals surface area contributed by atoms with Crippen molar-refractivity contribution in [1.29, 1.82) is 0 Å². The third kappa shape index (κ3) is 1.14. The Kier molecular flexibility index (Phi) is 1.94. The van der Waals surface area contributed by atoms with Gasteiger partial charge in [0.15, 0.2) is 12.0 Å². The van der Waals surface area contributed by atoms with Crippen molar-refractivity contribution in [3.63, 3.8) is 0 Å². The molecule has 2 rings (SSSR count). The molecule has 0 saturated heterocycles. The SMILES string of the molecule is O=Cc1c[nH]c2oc(C(=O)CO)cc12. The summed E-state index contributed by atoms with van der Waals surface area (Å²) in [7, 11) is 0. The Hall–Kier alpha value is -1.88. The van der Waals surface area contributed by atoms with Gasteiger partial charge in [-0.15, -0.1) is 0 Å². The lowest BCUT2D eigenvalue weighted by Gasteiger charge is -1.87. The van der Waals surface area contributed by atoms with Crippen LogP contribution < -0.4 is 0 Å². The first kappa shape index (κ1) is 8.71. The highest BCUT2D eigenvalue weighted by molar-refractivity contribution is 6.02. The van der Waals surface area contributed by atoms with Gasteiger partial charge >= 0.3 is 0 Å². The second-order valence-corrected chi connectivity index (χ2v) is 2.80. The Labute approximate surface area is 78.3 Å². The summed E-state index contributed by atoms with van der Waals surface area (Å²) >= 11 is 0. The van der Waals surface area contributed by atoms with E-state index < -0.39 is 12.4 Å². The molecule has 2 heterocycles. The van der Waals surface area contributed by atoms with E-state index in [1.165, 1.54) is 12.3 Å². The van der Waals surface area contributed by atoms with Crippen molar-refractivity contribution >= 4 is 23.2 Å². The van der Waals surface area contributed by atoms with Crippen LogP contribution in [0.25, 0.3) is 11.1 Å². The second kappa shape index (κ2) is 3.12. The Morgan fingerprint density at radius 3 is 3.07 bits per heavy atom. The lowest BCUT2D eigenvalue weighted by atomic mass is 10.2. The van der Waals surface area contributed by atoms with Crippen molar-refractivity contribution in [2.24, 2.45) is 0 Å². The molecule has 72 valence electrons. The summed E-state index contributed by atoms with van der Waals surface area (Å²) in [6.45, 7) is -0.605. The zero-order valence-electron chi connectivity index (χ0n) is 7.11. The Morgan fingerprint density at radius 2 is 2.43 bits per heavy atom. The molecule has 0 aliphatic heterocycles. The van der Waals surface area contributed by atoms with Gasteiger partial charge in [-0.2, -0.15) is 0 Å². The number of H-pyrrole nitrogens is 1. The fourth-order valence-corrected chi connectivity index (χ4v) is 1.25. The number of carbonyl (C=O) groups excluding carboxylic acids is 2. The highest BCUT2D eigenvalue weighted by Gasteiger charge is 2.14. The molecular formula is C9H7NO4. The highest BCUT2D eigenvalue weighted by atomic mass is 16.4. The maximum absolute atomic E-state index is 11.0. The first-order chi connectivity index (χ1) is 6.76. The van der Waals surface area contributed by atoms with Gasteiger partial charge in [-0.1, -0.05) is 0 Å². The first-order valence-electron chi connectivity index (χ1n) is 3.96. The van der Waals surface area contributed by atoms with Crippen LogP contribution in [0.1, 0.15) is 20.9 Å². The predicted octanol–water partition coefficient (Wildman–Crippen LogP) is 0.748. The van der Waals surface area contributed by atoms with Gasteiger partial charge < -0.3 is 14.5 Å². The molecule has 5 nitrogen and oxygen atoms in total. The summed E-state index contributed by atoms with van der Waals surface area (Å²) in [6, 6.07) is 1.44. The quantitative estimate of drug-likeness (QED) is 0.556. The maximum atomic E-state index is 11.0. The fraction of sp³-hybridized carbons (Fsp3) is 0.111. The largest absolute Gasteiger partial charge is 0.437 e. The van der Waals surface area contributed by atoms with E-state index in [0.29, 0.717) is 22.9 Å². The number of Topliss-reactive ketones (excluding diaryl/α,β-unsaturated/α-hetero) is 1. The number of aliphatic hydroxyl groups excluding tert-OH is 1. The van der Waals surface area contributed by atoms with E-state index in [-0.39, 0.29) is 5.76 Å². The first-order valence-corrected chi connectivity index (χ1v) is 3.96. The number of ketones is 1. The zero-order valence-corrected chi connectivity index (χ0v) is 7.11. The van der Waals surface area contributed by atoms with E-state index in [0.717, 1.165) is 0 Å². The number of carbonyl (C=O) groups is 2. The number of aromatic amines is 1. The molecule has 5 heteroatoms. The van der Waals surface area contributed by atoms with Crippen LogP contribution >= 0.6 is 0 Å². The van der Waals surface area contributed by atoms with Crippen LogP contribution in [0, 0.1) is 0 Å². The maximum Gasteiger partial charge on any atom is 0.223 e. The molecule has 0 saturated carbocycles. The van der Waals surface area contributed by atoms with Gasteiger partial charge in [0.2, 0.25) is 11.5 Å². The molecule has 0 aromatic carbocycles. The van der Waals surface area contributed by atoms with E-state index in [1.807, 2.05) is 0 Å². The molecule has 2 aromatic heterocycles. The molecule has 0 unspecified atom stereocenters. The van der Waals surface area contributed by atoms with E-state index >= 15 is 0 Å². The zero-order chi connectivity index (χ0) is 10.1. The molecule has 0 amide bonds. The number of aliphatic hydroxyl groups is 1. The Bertz CT molecular complexity index is 494. The van der Waals surface area contributed by atoms with E-state index in [2.05, 4.69) is 4.98 Å². The molecular weight excluding hydrogens is 186 g/mol. The number of rotatable bonds is 3. The van der Waals surface area contributed by atoms with Crippen molar-refractivity contribution in [2.75, 3.05) is 6.61 Å². The summed E-state index contributed by atoms with van der Waals surface area (Å²) in [5.74, 6) is -0.455. The second-order valence-electron chi connectivity index (χ2n) is 2.80. The summed E-state index contributed by atoms with van der Waals surface area (Å²) in [6.07, 6.45) is 2.16. The van der Waals surface area contributed by atoms with Crippen LogP contribution in [-0.4, -0.2) is 28.8 Å². The molecule has 0 aliphatic carbocycles. The minimum atomic E-state index is -0.605. The van der Waals surface area contributed by atoms with Gasteiger partial charge in [-0.3, -0.25) is 9.59 Å². The highest BCUT2D eigenvalue weighted by Crippen LogP contribution is 2.21. The van der Waals surface area contributed by atoms with E-state index in [4.69, 9.17) is 9.52 Å². The lowest BCUT2D eigenvalue weighted by molar-refractivity contribution is 0.0877. The van der Waals surface area contributed by atoms with Crippen LogP contribution in [0.3, 0.4) is 0 Å². The average molecular weight is 193 g/mol. The number of hydrogen-bond acceptors (Lipinski definition) is 4. The Morgan fingerprint density at radius 1 is 1.64 bits per heavy atom. The average Bonchev–Trinajstić information content (AvgIpc) is 2.74. The number of aromatic nitrogens is 1. The van der Waals surface area contributed by atoms with Gasteiger partial charge in [-0.25, -0.2) is 0 Å². The smallest absolute Gasteiger partial charge is 0.223 e. The summed E-state index contributed by atoms with van der Waals surface area (Å²) in [4.78, 5) is 24.3. The third-order valence-corrected chi connectivity index (χ3v) is 1.95. The van der Waals surface area contributed by atoms with Gasteiger partial charge in [0.05, 0.1) is 5.39 Å². The van der Waals surface area contributed by atoms with Crippen molar-refractivity contribution < 1.29 is 19.1 Å². The molecule has 0 atom stereocenters. The minimum absolute atomic E-state index is 0.0532. The van der Waals surface area contributed by atoms with Gasteiger partial charge in [0.1, 0.15) is 6.61 Å². The summed E-state index contributed by atoms with van der Waals surface area (Å²) in [5.41, 5.74) is 0.796. The van der Waals surface area contributed by atoms with Crippen molar-refractivity contribution in [2.45, 2.75) is 0 Å². The van der Waals surface area contributed by atoms with Crippen LogP contribution in [0.4, 0.5) is 0 Å². The summed E-state index contributed by atoms with van der Waals surface area (Å²) in [5, 5.41) is 9.14. The van der Waals surface area contributed by atoms with Crippen LogP contribution in [0.2, 0.25) is 0 Å². The normalized spacial score (nSPS) is 10.6. The number of hydrogen-bond donors (Lipinski definition) is 2. The standard InChI is InChI=1S/C9H7NO4/c11-3-5-2-10-9-6(5)1-8(14-9)7(13)4-12/h1-3,10,12H,4H2. The van der Waals surface area contributed by atoms with E-state index in [9.17, 15) is 9.59 Å². The molecule has 2 N–H and O–H groups in total. The third-order valence-electron chi connectivity index (χ3n) is 1.95. The number of furan rings is 1. The number of fused-ring (bicyclic) bond motifs is 1. The molecule has 0 spiro atoms. The van der Waals surface area contributed by atoms with Crippen molar-refractivity contribution in [3.8, 4) is 0 Å². The van der Waals surface area contributed by atoms with Gasteiger partial charge in [0, 0.05) is 11.8 Å². The summed E-state index contributed by atoms with van der Waals surface area (Å²) < 4.78 is 5.08. The molecule has 0 aliphatic rings. The van der Waals surface area contributed by atoms with Crippen molar-refractivity contribution in [1.82, 2.24) is 4.98 Å². The van der Waals surface area contributed by atoms with Gasteiger partial charge in [0.25, 0.3) is 0 Å². The van der Waals surface area contributed by atoms with Crippen LogP contribution in [0.15, 0.2) is 16.7 Å². The monoisotopic (exact) mass is 193 g/mol. The molecule has 14 heavy (non-hydrogen) atoms. The van der Waals surface area contributed by atoms with Crippen molar-refractivity contribution in [3.05, 3.63) is 23.6 Å². The van der Waals surface area contributed by atoms with Crippen LogP contribution in [0.5, 0.6) is 0 Å². The van der Waals surface area contributed by atoms with E-state index in [1.54, 1.807) is 0 Å². The Balaban J connectivity index is 2.57. The lowest BCUT2D eigenvalue weighted by Crippen LogP contribution is -2.01. The number of nitrogens with one attached hydrogen (secondary N) is 1. The van der Waals surface area contributed by atoms with Gasteiger partial charge in [-0.05, 0) is 6.07 Å². The molecule has 0 fully saturated rings. The fourth-order valence-electron chi connectivity index (χ4n) is 1.25. The molecule has 2 aromatic rings. The minimum Gasteiger partial charge on any atom is -0.437 e. The number of aldehydes is 1. The van der Waals surface area contributed by atoms with Crippen LogP contribution in [-0.2, 0) is 0 Å². The topological polar surface area (TPSA) is 83.3 Å². The predicted molar refractivity (Wildman–Crippen MR) is 47.4 cm³/mol. The molecule has 0 bridgehead atoms. The molecule has 0 radical (unpaired) electrons.